The molecule has 0 aliphatic rings. The van der Waals surface area contributed by atoms with Crippen molar-refractivity contribution in [3.8, 4) is 17.6 Å². The van der Waals surface area contributed by atoms with E-state index in [9.17, 15) is 5.26 Å². The Morgan fingerprint density at radius 3 is 2.43 bits per heavy atom. The van der Waals surface area contributed by atoms with E-state index >= 15 is 0 Å². The standard InChI is InChI=1S/C26H24INO2/c1-4-29-25-15-21(13-23(16-28)22-10-8-18(2)9-11-22)14-24(27)26(25)30-17-20-7-5-6-19(3)12-20/h5-15H,4,17H2,1-3H3/b23-13-. The SMILES string of the molecule is CCOc1cc(/C=C(/C#N)c2ccc(C)cc2)cc(I)c1OCc1cccc(C)c1. The second-order valence-corrected chi connectivity index (χ2v) is 8.24. The van der Waals surface area contributed by atoms with Crippen LogP contribution < -0.4 is 9.47 Å². The predicted molar refractivity (Wildman–Crippen MR) is 131 cm³/mol. The van der Waals surface area contributed by atoms with Crippen molar-refractivity contribution in [1.29, 1.82) is 5.26 Å². The van der Waals surface area contributed by atoms with Crippen LogP contribution in [-0.4, -0.2) is 6.61 Å². The van der Waals surface area contributed by atoms with E-state index in [1.54, 1.807) is 0 Å². The maximum absolute atomic E-state index is 9.66. The molecule has 0 saturated heterocycles. The highest BCUT2D eigenvalue weighted by Crippen LogP contribution is 2.36. The van der Waals surface area contributed by atoms with Gasteiger partial charge >= 0.3 is 0 Å². The lowest BCUT2D eigenvalue weighted by molar-refractivity contribution is 0.267. The van der Waals surface area contributed by atoms with Crippen molar-refractivity contribution in [2.75, 3.05) is 6.61 Å². The summed E-state index contributed by atoms with van der Waals surface area (Å²) in [6.45, 7) is 7.06. The third-order valence-corrected chi connectivity index (χ3v) is 5.39. The summed E-state index contributed by atoms with van der Waals surface area (Å²) in [6, 6.07) is 22.5. The monoisotopic (exact) mass is 509 g/mol. The molecule has 0 N–H and O–H groups in total. The number of halogens is 1. The van der Waals surface area contributed by atoms with Gasteiger partial charge in [0.05, 0.1) is 21.8 Å². The van der Waals surface area contributed by atoms with Gasteiger partial charge in [0.25, 0.3) is 0 Å². The molecule has 4 heteroatoms. The van der Waals surface area contributed by atoms with Crippen molar-refractivity contribution in [1.82, 2.24) is 0 Å². The molecule has 0 fully saturated rings. The first kappa shape index (κ1) is 21.9. The molecule has 3 rings (SSSR count). The molecule has 3 nitrogen and oxygen atoms in total. The molecule has 0 atom stereocenters. The second-order valence-electron chi connectivity index (χ2n) is 7.08. The summed E-state index contributed by atoms with van der Waals surface area (Å²) in [5.74, 6) is 1.41. The topological polar surface area (TPSA) is 42.2 Å². The Morgan fingerprint density at radius 2 is 1.77 bits per heavy atom. The maximum atomic E-state index is 9.66. The van der Waals surface area contributed by atoms with Crippen LogP contribution in [0, 0.1) is 28.7 Å². The minimum Gasteiger partial charge on any atom is -0.490 e. The summed E-state index contributed by atoms with van der Waals surface area (Å²) in [4.78, 5) is 0. The summed E-state index contributed by atoms with van der Waals surface area (Å²) in [5, 5.41) is 9.66. The van der Waals surface area contributed by atoms with Gasteiger partial charge in [-0.25, -0.2) is 0 Å². The zero-order chi connectivity index (χ0) is 21.5. The molecule has 3 aromatic carbocycles. The van der Waals surface area contributed by atoms with Gasteiger partial charge in [-0.05, 0) is 78.3 Å². The number of allylic oxidation sites excluding steroid dienone is 1. The first-order valence-corrected chi connectivity index (χ1v) is 10.9. The third kappa shape index (κ3) is 5.64. The lowest BCUT2D eigenvalue weighted by Crippen LogP contribution is -2.02. The lowest BCUT2D eigenvalue weighted by atomic mass is 10.0. The van der Waals surface area contributed by atoms with Gasteiger partial charge in [-0.3, -0.25) is 0 Å². The number of rotatable bonds is 7. The van der Waals surface area contributed by atoms with Crippen molar-refractivity contribution < 1.29 is 9.47 Å². The van der Waals surface area contributed by atoms with E-state index in [4.69, 9.17) is 9.47 Å². The molecule has 0 heterocycles. The zero-order valence-electron chi connectivity index (χ0n) is 17.4. The zero-order valence-corrected chi connectivity index (χ0v) is 19.6. The quantitative estimate of drug-likeness (QED) is 0.197. The van der Waals surface area contributed by atoms with E-state index in [-0.39, 0.29) is 0 Å². The number of hydrogen-bond donors (Lipinski definition) is 0. The molecule has 0 aliphatic carbocycles. The summed E-state index contributed by atoms with van der Waals surface area (Å²) < 4.78 is 12.9. The Balaban J connectivity index is 1.92. The largest absolute Gasteiger partial charge is 0.490 e. The third-order valence-electron chi connectivity index (χ3n) is 4.59. The summed E-state index contributed by atoms with van der Waals surface area (Å²) in [5.41, 5.74) is 5.90. The van der Waals surface area contributed by atoms with Gasteiger partial charge in [0.2, 0.25) is 0 Å². The predicted octanol–water partition coefficient (Wildman–Crippen LogP) is 6.95. The normalized spacial score (nSPS) is 11.1. The minimum absolute atomic E-state index is 0.472. The Labute approximate surface area is 192 Å². The van der Waals surface area contributed by atoms with Crippen molar-refractivity contribution in [3.05, 3.63) is 92.1 Å². The van der Waals surface area contributed by atoms with Crippen LogP contribution in [0.3, 0.4) is 0 Å². The Bertz CT molecular complexity index is 1100. The molecular formula is C26H24INO2. The molecule has 0 bridgehead atoms. The van der Waals surface area contributed by atoms with Crippen molar-refractivity contribution >= 4 is 34.2 Å². The molecule has 152 valence electrons. The molecule has 0 spiro atoms. The lowest BCUT2D eigenvalue weighted by Gasteiger charge is -2.15. The summed E-state index contributed by atoms with van der Waals surface area (Å²) in [6.07, 6.45) is 1.89. The Kier molecular flexibility index (Phi) is 7.53. The van der Waals surface area contributed by atoms with Gasteiger partial charge in [0.1, 0.15) is 6.61 Å². The molecule has 0 radical (unpaired) electrons. The van der Waals surface area contributed by atoms with Crippen LogP contribution in [0.1, 0.15) is 34.7 Å². The number of aryl methyl sites for hydroxylation is 2. The Morgan fingerprint density at radius 1 is 1.00 bits per heavy atom. The van der Waals surface area contributed by atoms with Gasteiger partial charge in [-0.15, -0.1) is 0 Å². The highest BCUT2D eigenvalue weighted by Gasteiger charge is 2.13. The molecule has 0 unspecified atom stereocenters. The van der Waals surface area contributed by atoms with Crippen molar-refractivity contribution in [2.24, 2.45) is 0 Å². The number of nitrogens with zero attached hydrogens (tertiary/aromatic N) is 1. The van der Waals surface area contributed by atoms with E-state index in [0.29, 0.717) is 24.5 Å². The van der Waals surface area contributed by atoms with Gasteiger partial charge in [-0.2, -0.15) is 5.26 Å². The fraction of sp³-hybridized carbons (Fsp3) is 0.192. The number of nitriles is 1. The molecule has 30 heavy (non-hydrogen) atoms. The number of hydrogen-bond acceptors (Lipinski definition) is 3. The van der Waals surface area contributed by atoms with Gasteiger partial charge in [0.15, 0.2) is 11.5 Å². The van der Waals surface area contributed by atoms with Gasteiger partial charge in [-0.1, -0.05) is 59.7 Å². The van der Waals surface area contributed by atoms with E-state index in [1.807, 2.05) is 62.4 Å². The molecule has 0 saturated carbocycles. The van der Waals surface area contributed by atoms with Gasteiger partial charge < -0.3 is 9.47 Å². The van der Waals surface area contributed by atoms with Crippen LogP contribution >= 0.6 is 22.6 Å². The fourth-order valence-electron chi connectivity index (χ4n) is 3.11. The first-order valence-electron chi connectivity index (χ1n) is 9.83. The molecule has 0 amide bonds. The average Bonchev–Trinajstić information content (AvgIpc) is 2.72. The first-order chi connectivity index (χ1) is 14.5. The van der Waals surface area contributed by atoms with E-state index in [1.165, 1.54) is 11.1 Å². The highest BCUT2D eigenvalue weighted by atomic mass is 127. The van der Waals surface area contributed by atoms with Crippen LogP contribution in [0.5, 0.6) is 11.5 Å². The summed E-state index contributed by atoms with van der Waals surface area (Å²) >= 11 is 2.26. The van der Waals surface area contributed by atoms with Crippen LogP contribution in [0.2, 0.25) is 0 Å². The van der Waals surface area contributed by atoms with Gasteiger partial charge in [0, 0.05) is 0 Å². The second kappa shape index (κ2) is 10.3. The molecule has 3 aromatic rings. The van der Waals surface area contributed by atoms with E-state index in [0.717, 1.165) is 26.0 Å². The number of benzene rings is 3. The summed E-state index contributed by atoms with van der Waals surface area (Å²) in [7, 11) is 0. The van der Waals surface area contributed by atoms with E-state index in [2.05, 4.69) is 53.8 Å². The maximum Gasteiger partial charge on any atom is 0.175 e. The minimum atomic E-state index is 0.472. The molecular weight excluding hydrogens is 485 g/mol. The van der Waals surface area contributed by atoms with Crippen molar-refractivity contribution in [2.45, 2.75) is 27.4 Å². The van der Waals surface area contributed by atoms with E-state index < -0.39 is 0 Å². The van der Waals surface area contributed by atoms with Crippen LogP contribution in [0.25, 0.3) is 11.6 Å². The molecule has 0 aromatic heterocycles. The van der Waals surface area contributed by atoms with Crippen LogP contribution in [0.15, 0.2) is 60.7 Å². The highest BCUT2D eigenvalue weighted by molar-refractivity contribution is 14.1. The smallest absolute Gasteiger partial charge is 0.175 e. The molecule has 0 aliphatic heterocycles. The average molecular weight is 509 g/mol. The Hall–Kier alpha value is -2.78. The van der Waals surface area contributed by atoms with Crippen molar-refractivity contribution in [3.63, 3.8) is 0 Å². The van der Waals surface area contributed by atoms with Crippen LogP contribution in [0.4, 0.5) is 0 Å². The van der Waals surface area contributed by atoms with Crippen LogP contribution in [-0.2, 0) is 6.61 Å². The number of ether oxygens (including phenoxy) is 2. The fourth-order valence-corrected chi connectivity index (χ4v) is 3.89.